The predicted octanol–water partition coefficient (Wildman–Crippen LogP) is 4.41. The normalized spacial score (nSPS) is 15.3. The van der Waals surface area contributed by atoms with E-state index >= 15 is 0 Å². The lowest BCUT2D eigenvalue weighted by Crippen LogP contribution is -2.39. The molecule has 1 aliphatic heterocycles. The van der Waals surface area contributed by atoms with Crippen LogP contribution in [0.25, 0.3) is 10.9 Å². The first-order valence-corrected chi connectivity index (χ1v) is 9.33. The van der Waals surface area contributed by atoms with E-state index in [1.165, 1.54) is 17.7 Å². The number of fused-ring (bicyclic) bond motifs is 1. The molecule has 0 atom stereocenters. The lowest BCUT2D eigenvalue weighted by atomic mass is 9.90. The Morgan fingerprint density at radius 1 is 1.15 bits per heavy atom. The summed E-state index contributed by atoms with van der Waals surface area (Å²) in [6, 6.07) is 14.5. The molecule has 1 N–H and O–H groups in total. The molecule has 0 bridgehead atoms. The number of nitrogens with zero attached hydrogens (tertiary/aromatic N) is 1. The molecule has 0 unspecified atom stereocenters. The Bertz CT molecular complexity index is 941. The fraction of sp³-hybridized carbons (Fsp3) is 0.318. The molecule has 4 nitrogen and oxygen atoms in total. The van der Waals surface area contributed by atoms with Gasteiger partial charge in [-0.1, -0.05) is 12.1 Å². The number of rotatable bonds is 4. The summed E-state index contributed by atoms with van der Waals surface area (Å²) in [4.78, 5) is 17.8. The van der Waals surface area contributed by atoms with Crippen LogP contribution in [0.2, 0.25) is 0 Å². The zero-order chi connectivity index (χ0) is 18.8. The van der Waals surface area contributed by atoms with Gasteiger partial charge >= 0.3 is 0 Å². The zero-order valence-corrected chi connectivity index (χ0v) is 15.4. The molecule has 2 heterocycles. The van der Waals surface area contributed by atoms with Gasteiger partial charge in [-0.25, -0.2) is 4.39 Å². The van der Waals surface area contributed by atoms with E-state index in [-0.39, 0.29) is 11.7 Å². The molecule has 1 aromatic heterocycles. The van der Waals surface area contributed by atoms with E-state index in [1.807, 2.05) is 17.0 Å². The molecule has 1 aliphatic rings. The van der Waals surface area contributed by atoms with Gasteiger partial charge in [-0.2, -0.15) is 0 Å². The lowest BCUT2D eigenvalue weighted by Gasteiger charge is -2.31. The molecule has 0 saturated carbocycles. The van der Waals surface area contributed by atoms with Gasteiger partial charge < -0.3 is 14.6 Å². The molecular weight excluding hydrogens is 343 g/mol. The summed E-state index contributed by atoms with van der Waals surface area (Å²) in [5.41, 5.74) is 2.62. The van der Waals surface area contributed by atoms with Gasteiger partial charge in [0.05, 0.1) is 7.11 Å². The average Bonchev–Trinajstić information content (AvgIpc) is 3.12. The van der Waals surface area contributed by atoms with Crippen molar-refractivity contribution in [2.24, 2.45) is 5.92 Å². The van der Waals surface area contributed by atoms with Crippen LogP contribution < -0.4 is 4.74 Å². The summed E-state index contributed by atoms with van der Waals surface area (Å²) in [6.45, 7) is 1.51. The first-order valence-electron chi connectivity index (χ1n) is 9.33. The van der Waals surface area contributed by atoms with E-state index in [0.717, 1.165) is 49.0 Å². The van der Waals surface area contributed by atoms with Gasteiger partial charge in [0.25, 0.3) is 5.91 Å². The SMILES string of the molecule is COc1ccc(CC2CCN(C(=O)c3cc4cc(F)ccc4[nH]3)CC2)cc1. The number of carbonyl (C=O) groups excluding carboxylic acids is 1. The molecule has 4 rings (SSSR count). The highest BCUT2D eigenvalue weighted by molar-refractivity contribution is 5.98. The highest BCUT2D eigenvalue weighted by atomic mass is 19.1. The third-order valence-electron chi connectivity index (χ3n) is 5.40. The van der Waals surface area contributed by atoms with E-state index in [4.69, 9.17) is 4.74 Å². The molecule has 0 radical (unpaired) electrons. The third kappa shape index (κ3) is 3.82. The number of likely N-dealkylation sites (tertiary alicyclic amines) is 1. The number of carbonyl (C=O) groups is 1. The van der Waals surface area contributed by atoms with Gasteiger partial charge in [-0.05, 0) is 67.1 Å². The molecule has 1 fully saturated rings. The summed E-state index contributed by atoms with van der Waals surface area (Å²) in [5, 5.41) is 0.729. The Balaban J connectivity index is 1.36. The van der Waals surface area contributed by atoms with Gasteiger partial charge in [-0.3, -0.25) is 4.79 Å². The largest absolute Gasteiger partial charge is 0.497 e. The number of hydrogen-bond acceptors (Lipinski definition) is 2. The van der Waals surface area contributed by atoms with Crippen LogP contribution >= 0.6 is 0 Å². The molecule has 5 heteroatoms. The van der Waals surface area contributed by atoms with Gasteiger partial charge in [0.15, 0.2) is 0 Å². The smallest absolute Gasteiger partial charge is 0.270 e. The summed E-state index contributed by atoms with van der Waals surface area (Å²) in [7, 11) is 1.67. The number of halogens is 1. The van der Waals surface area contributed by atoms with E-state index in [9.17, 15) is 9.18 Å². The summed E-state index contributed by atoms with van der Waals surface area (Å²) >= 11 is 0. The molecular formula is C22H23FN2O2. The Hall–Kier alpha value is -2.82. The number of ether oxygens (including phenoxy) is 1. The zero-order valence-electron chi connectivity index (χ0n) is 15.4. The van der Waals surface area contributed by atoms with E-state index in [1.54, 1.807) is 19.2 Å². The van der Waals surface area contributed by atoms with Crippen molar-refractivity contribution in [1.82, 2.24) is 9.88 Å². The number of piperidine rings is 1. The van der Waals surface area contributed by atoms with Crippen molar-refractivity contribution in [3.63, 3.8) is 0 Å². The predicted molar refractivity (Wildman–Crippen MR) is 104 cm³/mol. The molecule has 2 aromatic carbocycles. The Kier molecular flexibility index (Phi) is 4.84. The Morgan fingerprint density at radius 3 is 2.59 bits per heavy atom. The molecule has 140 valence electrons. The van der Waals surface area contributed by atoms with Crippen molar-refractivity contribution in [3.8, 4) is 5.75 Å². The fourth-order valence-electron chi connectivity index (χ4n) is 3.82. The minimum Gasteiger partial charge on any atom is -0.497 e. The molecule has 0 aliphatic carbocycles. The molecule has 0 spiro atoms. The number of H-pyrrole nitrogens is 1. The molecule has 1 saturated heterocycles. The molecule has 27 heavy (non-hydrogen) atoms. The fourth-order valence-corrected chi connectivity index (χ4v) is 3.82. The van der Waals surface area contributed by atoms with Crippen LogP contribution in [0, 0.1) is 11.7 Å². The number of nitrogens with one attached hydrogen (secondary N) is 1. The van der Waals surface area contributed by atoms with Crippen LogP contribution in [0.3, 0.4) is 0 Å². The van der Waals surface area contributed by atoms with Crippen LogP contribution in [-0.2, 0) is 6.42 Å². The average molecular weight is 366 g/mol. The van der Waals surface area contributed by atoms with Crippen molar-refractivity contribution in [2.45, 2.75) is 19.3 Å². The first-order chi connectivity index (χ1) is 13.1. The first kappa shape index (κ1) is 17.6. The van der Waals surface area contributed by atoms with Crippen LogP contribution in [0.15, 0.2) is 48.5 Å². The lowest BCUT2D eigenvalue weighted by molar-refractivity contribution is 0.0685. The maximum absolute atomic E-state index is 13.3. The topological polar surface area (TPSA) is 45.3 Å². The van der Waals surface area contributed by atoms with Crippen molar-refractivity contribution < 1.29 is 13.9 Å². The monoisotopic (exact) mass is 366 g/mol. The third-order valence-corrected chi connectivity index (χ3v) is 5.40. The van der Waals surface area contributed by atoms with Crippen LogP contribution in [0.4, 0.5) is 4.39 Å². The minimum absolute atomic E-state index is 0.00509. The number of aromatic nitrogens is 1. The summed E-state index contributed by atoms with van der Waals surface area (Å²) < 4.78 is 18.6. The van der Waals surface area contributed by atoms with Gasteiger partial charge in [-0.15, -0.1) is 0 Å². The van der Waals surface area contributed by atoms with Crippen LogP contribution in [0.5, 0.6) is 5.75 Å². The van der Waals surface area contributed by atoms with Crippen LogP contribution in [0.1, 0.15) is 28.9 Å². The number of aromatic amines is 1. The number of amides is 1. The summed E-state index contributed by atoms with van der Waals surface area (Å²) in [5.74, 6) is 1.16. The number of hydrogen-bond donors (Lipinski definition) is 1. The van der Waals surface area contributed by atoms with Gasteiger partial charge in [0.2, 0.25) is 0 Å². The second-order valence-electron chi connectivity index (χ2n) is 7.20. The van der Waals surface area contributed by atoms with Crippen molar-refractivity contribution in [2.75, 3.05) is 20.2 Å². The van der Waals surface area contributed by atoms with E-state index < -0.39 is 0 Å². The number of methoxy groups -OCH3 is 1. The van der Waals surface area contributed by atoms with Gasteiger partial charge in [0, 0.05) is 24.0 Å². The maximum atomic E-state index is 13.3. The molecule has 3 aromatic rings. The van der Waals surface area contributed by atoms with Crippen molar-refractivity contribution >= 4 is 16.8 Å². The highest BCUT2D eigenvalue weighted by Crippen LogP contribution is 2.25. The van der Waals surface area contributed by atoms with E-state index in [2.05, 4.69) is 17.1 Å². The van der Waals surface area contributed by atoms with Crippen molar-refractivity contribution in [1.29, 1.82) is 0 Å². The van der Waals surface area contributed by atoms with Crippen molar-refractivity contribution in [3.05, 3.63) is 65.6 Å². The minimum atomic E-state index is -0.292. The molecule has 1 amide bonds. The second-order valence-corrected chi connectivity index (χ2v) is 7.20. The standard InChI is InChI=1S/C22H23FN2O2/c1-27-19-5-2-15(3-6-19)12-16-8-10-25(11-9-16)22(26)21-14-17-13-18(23)4-7-20(17)24-21/h2-7,13-14,16,24H,8-12H2,1H3. The number of benzene rings is 2. The highest BCUT2D eigenvalue weighted by Gasteiger charge is 2.24. The quantitative estimate of drug-likeness (QED) is 0.743. The second kappa shape index (κ2) is 7.43. The van der Waals surface area contributed by atoms with E-state index in [0.29, 0.717) is 11.6 Å². The Morgan fingerprint density at radius 2 is 1.89 bits per heavy atom. The Labute approximate surface area is 157 Å². The van der Waals surface area contributed by atoms with Crippen LogP contribution in [-0.4, -0.2) is 36.0 Å². The van der Waals surface area contributed by atoms with Gasteiger partial charge in [0.1, 0.15) is 17.3 Å². The maximum Gasteiger partial charge on any atom is 0.270 e. The summed E-state index contributed by atoms with van der Waals surface area (Å²) in [6.07, 6.45) is 3.01.